The molecule has 1 saturated heterocycles. The second-order valence-electron chi connectivity index (χ2n) is 7.68. The van der Waals surface area contributed by atoms with Gasteiger partial charge in [0, 0.05) is 30.7 Å². The van der Waals surface area contributed by atoms with Gasteiger partial charge in [-0.3, -0.25) is 4.90 Å². The van der Waals surface area contributed by atoms with Gasteiger partial charge in [-0.15, -0.1) is 0 Å². The number of hydrogen-bond donors (Lipinski definition) is 1. The summed E-state index contributed by atoms with van der Waals surface area (Å²) in [4.78, 5) is 12.0. The zero-order valence-corrected chi connectivity index (χ0v) is 16.9. The number of nitrogens with one attached hydrogen (secondary N) is 1. The second kappa shape index (κ2) is 8.84. The normalized spacial score (nSPS) is 16.3. The van der Waals surface area contributed by atoms with Crippen LogP contribution in [0.25, 0.3) is 10.9 Å². The second-order valence-corrected chi connectivity index (χ2v) is 7.68. The van der Waals surface area contributed by atoms with E-state index in [1.807, 2.05) is 24.3 Å². The number of benzene rings is 2. The maximum absolute atomic E-state index is 13.3. The SMILES string of the molecule is CC(Nc1nc(CN(C)C2CCOCC2)nc2ccccc12)c1ccc(F)cc1. The molecule has 0 radical (unpaired) electrons. The summed E-state index contributed by atoms with van der Waals surface area (Å²) in [6.07, 6.45) is 2.08. The van der Waals surface area contributed by atoms with Gasteiger partial charge in [-0.1, -0.05) is 24.3 Å². The third-order valence-electron chi connectivity index (χ3n) is 5.58. The molecule has 1 N–H and O–H groups in total. The molecule has 3 aromatic rings. The highest BCUT2D eigenvalue weighted by Gasteiger charge is 2.20. The molecule has 6 heteroatoms. The van der Waals surface area contributed by atoms with Crippen LogP contribution < -0.4 is 5.32 Å². The first-order valence-electron chi connectivity index (χ1n) is 10.2. The zero-order valence-electron chi connectivity index (χ0n) is 16.9. The Morgan fingerprint density at radius 1 is 1.10 bits per heavy atom. The summed E-state index contributed by atoms with van der Waals surface area (Å²) in [5.41, 5.74) is 1.93. The van der Waals surface area contributed by atoms with Gasteiger partial charge in [0.2, 0.25) is 0 Å². The zero-order chi connectivity index (χ0) is 20.2. The first kappa shape index (κ1) is 19.7. The van der Waals surface area contributed by atoms with E-state index in [1.165, 1.54) is 12.1 Å². The number of para-hydroxylation sites is 1. The number of hydrogen-bond acceptors (Lipinski definition) is 5. The average Bonchev–Trinajstić information content (AvgIpc) is 2.75. The maximum atomic E-state index is 13.3. The van der Waals surface area contributed by atoms with Crippen molar-refractivity contribution in [2.45, 2.75) is 38.4 Å². The Bertz CT molecular complexity index is 957. The maximum Gasteiger partial charge on any atom is 0.145 e. The van der Waals surface area contributed by atoms with Crippen LogP contribution in [0, 0.1) is 5.82 Å². The largest absolute Gasteiger partial charge is 0.381 e. The molecule has 1 atom stereocenters. The lowest BCUT2D eigenvalue weighted by Crippen LogP contribution is -2.36. The van der Waals surface area contributed by atoms with Crippen LogP contribution in [-0.2, 0) is 11.3 Å². The highest BCUT2D eigenvalue weighted by Crippen LogP contribution is 2.26. The van der Waals surface area contributed by atoms with E-state index in [0.29, 0.717) is 12.6 Å². The van der Waals surface area contributed by atoms with Gasteiger partial charge in [-0.05, 0) is 56.6 Å². The van der Waals surface area contributed by atoms with Gasteiger partial charge in [-0.2, -0.15) is 0 Å². The van der Waals surface area contributed by atoms with Crippen molar-refractivity contribution in [1.29, 1.82) is 0 Å². The number of fused-ring (bicyclic) bond motifs is 1. The van der Waals surface area contributed by atoms with Crippen molar-refractivity contribution < 1.29 is 9.13 Å². The van der Waals surface area contributed by atoms with Crippen LogP contribution in [-0.4, -0.2) is 41.2 Å². The van der Waals surface area contributed by atoms with Gasteiger partial charge in [0.15, 0.2) is 0 Å². The summed E-state index contributed by atoms with van der Waals surface area (Å²) in [5, 5.41) is 4.49. The lowest BCUT2D eigenvalue weighted by atomic mass is 10.1. The Morgan fingerprint density at radius 2 is 1.83 bits per heavy atom. The average molecular weight is 394 g/mol. The molecule has 0 spiro atoms. The van der Waals surface area contributed by atoms with Gasteiger partial charge < -0.3 is 10.1 Å². The van der Waals surface area contributed by atoms with Crippen molar-refractivity contribution >= 4 is 16.7 Å². The van der Waals surface area contributed by atoms with Gasteiger partial charge in [0.1, 0.15) is 17.5 Å². The number of ether oxygens (including phenoxy) is 1. The number of aromatic nitrogens is 2. The molecule has 1 aromatic heterocycles. The summed E-state index contributed by atoms with van der Waals surface area (Å²) in [6.45, 7) is 4.37. The van der Waals surface area contributed by atoms with E-state index in [-0.39, 0.29) is 11.9 Å². The molecule has 0 saturated carbocycles. The standard InChI is InChI=1S/C23H27FN4O/c1-16(17-7-9-18(24)10-8-17)25-23-20-5-3-4-6-21(20)26-22(27-23)15-28(2)19-11-13-29-14-12-19/h3-10,16,19H,11-15H2,1-2H3,(H,25,26,27). The van der Waals surface area contributed by atoms with Crippen LogP contribution in [0.3, 0.4) is 0 Å². The third-order valence-corrected chi connectivity index (χ3v) is 5.58. The third kappa shape index (κ3) is 4.71. The monoisotopic (exact) mass is 394 g/mol. The molecule has 0 bridgehead atoms. The van der Waals surface area contributed by atoms with Crippen molar-refractivity contribution in [3.05, 3.63) is 65.7 Å². The van der Waals surface area contributed by atoms with Crippen LogP contribution in [0.4, 0.5) is 10.2 Å². The first-order valence-corrected chi connectivity index (χ1v) is 10.2. The molecule has 2 aromatic carbocycles. The van der Waals surface area contributed by atoms with E-state index in [9.17, 15) is 4.39 Å². The minimum atomic E-state index is -0.230. The van der Waals surface area contributed by atoms with Crippen molar-refractivity contribution in [3.8, 4) is 0 Å². The summed E-state index contributed by atoms with van der Waals surface area (Å²) < 4.78 is 18.7. The minimum absolute atomic E-state index is 0.00465. The molecule has 1 aliphatic heterocycles. The Morgan fingerprint density at radius 3 is 2.59 bits per heavy atom. The molecule has 1 aliphatic rings. The van der Waals surface area contributed by atoms with E-state index in [0.717, 1.165) is 54.2 Å². The molecule has 0 amide bonds. The first-order chi connectivity index (χ1) is 14.1. The van der Waals surface area contributed by atoms with E-state index in [1.54, 1.807) is 12.1 Å². The van der Waals surface area contributed by atoms with Crippen LogP contribution in [0.2, 0.25) is 0 Å². The highest BCUT2D eigenvalue weighted by molar-refractivity contribution is 5.89. The molecule has 29 heavy (non-hydrogen) atoms. The van der Waals surface area contributed by atoms with E-state index in [2.05, 4.69) is 24.2 Å². The molecule has 1 unspecified atom stereocenters. The van der Waals surface area contributed by atoms with Crippen molar-refractivity contribution in [3.63, 3.8) is 0 Å². The molecule has 1 fully saturated rings. The van der Waals surface area contributed by atoms with Gasteiger partial charge >= 0.3 is 0 Å². The molecule has 152 valence electrons. The Labute approximate surface area is 170 Å². The number of nitrogens with zero attached hydrogens (tertiary/aromatic N) is 3. The van der Waals surface area contributed by atoms with E-state index in [4.69, 9.17) is 14.7 Å². The number of anilines is 1. The summed E-state index contributed by atoms with van der Waals surface area (Å²) in [5.74, 6) is 1.38. The highest BCUT2D eigenvalue weighted by atomic mass is 19.1. The molecule has 2 heterocycles. The van der Waals surface area contributed by atoms with Crippen LogP contribution >= 0.6 is 0 Å². The fourth-order valence-electron chi connectivity index (χ4n) is 3.82. The van der Waals surface area contributed by atoms with Crippen LogP contribution in [0.1, 0.15) is 37.2 Å². The minimum Gasteiger partial charge on any atom is -0.381 e. The van der Waals surface area contributed by atoms with Gasteiger partial charge in [-0.25, -0.2) is 14.4 Å². The van der Waals surface area contributed by atoms with Crippen molar-refractivity contribution in [2.24, 2.45) is 0 Å². The van der Waals surface area contributed by atoms with Gasteiger partial charge in [0.05, 0.1) is 12.1 Å². The van der Waals surface area contributed by atoms with Crippen LogP contribution in [0.5, 0.6) is 0 Å². The number of halogens is 1. The smallest absolute Gasteiger partial charge is 0.145 e. The predicted octanol–water partition coefficient (Wildman–Crippen LogP) is 4.55. The van der Waals surface area contributed by atoms with Crippen molar-refractivity contribution in [1.82, 2.24) is 14.9 Å². The van der Waals surface area contributed by atoms with Crippen LogP contribution in [0.15, 0.2) is 48.5 Å². The van der Waals surface area contributed by atoms with Gasteiger partial charge in [0.25, 0.3) is 0 Å². The Kier molecular flexibility index (Phi) is 6.02. The molecular weight excluding hydrogens is 367 g/mol. The Balaban J connectivity index is 1.59. The van der Waals surface area contributed by atoms with Crippen molar-refractivity contribution in [2.75, 3.05) is 25.6 Å². The fourth-order valence-corrected chi connectivity index (χ4v) is 3.82. The lowest BCUT2D eigenvalue weighted by Gasteiger charge is -2.30. The summed E-state index contributed by atoms with van der Waals surface area (Å²) >= 11 is 0. The Hall–Kier alpha value is -2.57. The fraction of sp³-hybridized carbons (Fsp3) is 0.391. The molecule has 4 rings (SSSR count). The number of rotatable bonds is 6. The topological polar surface area (TPSA) is 50.3 Å². The summed E-state index contributed by atoms with van der Waals surface area (Å²) in [6, 6.07) is 15.1. The van der Waals surface area contributed by atoms with E-state index < -0.39 is 0 Å². The molecule has 5 nitrogen and oxygen atoms in total. The predicted molar refractivity (Wildman–Crippen MR) is 113 cm³/mol. The lowest BCUT2D eigenvalue weighted by molar-refractivity contribution is 0.0400. The summed E-state index contributed by atoms with van der Waals surface area (Å²) in [7, 11) is 2.13. The molecule has 0 aliphatic carbocycles. The van der Waals surface area contributed by atoms with E-state index >= 15 is 0 Å². The quantitative estimate of drug-likeness (QED) is 0.665. The molecular formula is C23H27FN4O.